The maximum absolute atomic E-state index is 12.5. The van der Waals surface area contributed by atoms with Crippen LogP contribution in [0.25, 0.3) is 11.0 Å². The summed E-state index contributed by atoms with van der Waals surface area (Å²) >= 11 is 0. The third kappa shape index (κ3) is 2.85. The zero-order chi connectivity index (χ0) is 16.5. The van der Waals surface area contributed by atoms with Gasteiger partial charge in [0.1, 0.15) is 5.58 Å². The van der Waals surface area contributed by atoms with Crippen LogP contribution in [0.1, 0.15) is 42.5 Å². The summed E-state index contributed by atoms with van der Waals surface area (Å²) in [5.41, 5.74) is 1.24. The highest BCUT2D eigenvalue weighted by molar-refractivity contribution is 5.76. The van der Waals surface area contributed by atoms with Gasteiger partial charge in [0.25, 0.3) is 0 Å². The second-order valence-corrected chi connectivity index (χ2v) is 6.44. The highest BCUT2D eigenvalue weighted by atomic mass is 16.5. The summed E-state index contributed by atoms with van der Waals surface area (Å²) in [7, 11) is 1.92. The van der Waals surface area contributed by atoms with Crippen LogP contribution in [0.5, 0.6) is 0 Å². The van der Waals surface area contributed by atoms with Crippen molar-refractivity contribution in [1.29, 1.82) is 0 Å². The van der Waals surface area contributed by atoms with E-state index in [0.29, 0.717) is 41.4 Å². The molecule has 0 N–H and O–H groups in total. The van der Waals surface area contributed by atoms with Gasteiger partial charge in [-0.05, 0) is 32.0 Å². The molecule has 1 aliphatic carbocycles. The lowest BCUT2D eigenvalue weighted by atomic mass is 9.85. The minimum Gasteiger partial charge on any atom is -0.464 e. The summed E-state index contributed by atoms with van der Waals surface area (Å²) in [6.07, 6.45) is 5.04. The number of fused-ring (bicyclic) bond motifs is 1. The predicted molar refractivity (Wildman–Crippen MR) is 88.5 cm³/mol. The van der Waals surface area contributed by atoms with E-state index in [1.165, 1.54) is 12.7 Å². The van der Waals surface area contributed by atoms with E-state index in [0.717, 1.165) is 18.7 Å². The van der Waals surface area contributed by atoms with Crippen molar-refractivity contribution in [2.24, 2.45) is 0 Å². The van der Waals surface area contributed by atoms with Gasteiger partial charge in [-0.2, -0.15) is 4.98 Å². The second-order valence-electron chi connectivity index (χ2n) is 6.44. The van der Waals surface area contributed by atoms with Gasteiger partial charge in [0.2, 0.25) is 5.89 Å². The summed E-state index contributed by atoms with van der Waals surface area (Å²) in [5, 5.41) is 4.65. The quantitative estimate of drug-likeness (QED) is 0.718. The zero-order valence-corrected chi connectivity index (χ0v) is 13.6. The van der Waals surface area contributed by atoms with Crippen LogP contribution in [0.4, 0.5) is 0 Å². The van der Waals surface area contributed by atoms with E-state index in [1.807, 2.05) is 24.1 Å². The van der Waals surface area contributed by atoms with Gasteiger partial charge >= 0.3 is 0 Å². The molecule has 6 nitrogen and oxygen atoms in total. The molecule has 1 fully saturated rings. The Morgan fingerprint density at radius 3 is 2.88 bits per heavy atom. The van der Waals surface area contributed by atoms with Gasteiger partial charge in [0, 0.05) is 18.0 Å². The molecule has 0 saturated heterocycles. The maximum Gasteiger partial charge on any atom is 0.229 e. The second kappa shape index (κ2) is 6.20. The van der Waals surface area contributed by atoms with Crippen molar-refractivity contribution in [3.05, 3.63) is 58.0 Å². The molecule has 24 heavy (non-hydrogen) atoms. The van der Waals surface area contributed by atoms with Gasteiger partial charge in [-0.3, -0.25) is 9.69 Å². The summed E-state index contributed by atoms with van der Waals surface area (Å²) in [6.45, 7) is 1.00. The molecule has 0 aliphatic heterocycles. The van der Waals surface area contributed by atoms with Crippen LogP contribution in [-0.4, -0.2) is 22.1 Å². The smallest absolute Gasteiger partial charge is 0.229 e. The fourth-order valence-electron chi connectivity index (χ4n) is 2.97. The lowest BCUT2D eigenvalue weighted by molar-refractivity contribution is 0.280. The molecule has 0 radical (unpaired) electrons. The van der Waals surface area contributed by atoms with Gasteiger partial charge in [0.15, 0.2) is 11.3 Å². The third-order valence-corrected chi connectivity index (χ3v) is 4.54. The molecular formula is C18H19N3O3. The van der Waals surface area contributed by atoms with Gasteiger partial charge in [-0.25, -0.2) is 0 Å². The molecule has 3 aromatic rings. The standard InChI is InChI=1S/C18H19N3O3/c1-21(10-16-19-18(24-20-16)12-5-4-6-12)9-13-11-23-15-8-3-2-7-14(15)17(13)22/h2-3,7-8,11-12H,4-6,9-10H2,1H3. The first-order chi connectivity index (χ1) is 11.7. The van der Waals surface area contributed by atoms with Gasteiger partial charge in [-0.1, -0.05) is 23.7 Å². The van der Waals surface area contributed by atoms with E-state index >= 15 is 0 Å². The molecule has 6 heteroatoms. The molecular weight excluding hydrogens is 306 g/mol. The molecule has 0 amide bonds. The van der Waals surface area contributed by atoms with E-state index in [4.69, 9.17) is 8.94 Å². The van der Waals surface area contributed by atoms with Gasteiger partial charge in [-0.15, -0.1) is 0 Å². The first kappa shape index (κ1) is 15.1. The number of nitrogens with zero attached hydrogens (tertiary/aromatic N) is 3. The lowest BCUT2D eigenvalue weighted by Crippen LogP contribution is -2.22. The molecule has 0 bridgehead atoms. The minimum absolute atomic E-state index is 0.00645. The average molecular weight is 325 g/mol. The summed E-state index contributed by atoms with van der Waals surface area (Å²) in [6, 6.07) is 7.28. The van der Waals surface area contributed by atoms with E-state index in [9.17, 15) is 4.79 Å². The Hall–Kier alpha value is -2.47. The zero-order valence-electron chi connectivity index (χ0n) is 13.6. The molecule has 1 saturated carbocycles. The van der Waals surface area contributed by atoms with Crippen molar-refractivity contribution in [3.63, 3.8) is 0 Å². The molecule has 1 aliphatic rings. The van der Waals surface area contributed by atoms with Crippen LogP contribution >= 0.6 is 0 Å². The Morgan fingerprint density at radius 1 is 1.25 bits per heavy atom. The SMILES string of the molecule is CN(Cc1noc(C2CCC2)n1)Cc1coc2ccccc2c1=O. The lowest BCUT2D eigenvalue weighted by Gasteiger charge is -2.20. The first-order valence-corrected chi connectivity index (χ1v) is 8.21. The normalized spacial score (nSPS) is 15.1. The molecule has 124 valence electrons. The number of hydrogen-bond donors (Lipinski definition) is 0. The highest BCUT2D eigenvalue weighted by Crippen LogP contribution is 2.35. The molecule has 2 heterocycles. The van der Waals surface area contributed by atoms with Crippen molar-refractivity contribution in [3.8, 4) is 0 Å². The van der Waals surface area contributed by atoms with E-state index < -0.39 is 0 Å². The maximum atomic E-state index is 12.5. The Labute approximate surface area is 139 Å². The van der Waals surface area contributed by atoms with Crippen molar-refractivity contribution in [1.82, 2.24) is 15.0 Å². The Morgan fingerprint density at radius 2 is 2.08 bits per heavy atom. The topological polar surface area (TPSA) is 72.4 Å². The Bertz CT molecular complexity index is 911. The molecule has 0 unspecified atom stereocenters. The van der Waals surface area contributed by atoms with E-state index in [-0.39, 0.29) is 5.43 Å². The molecule has 0 atom stereocenters. The van der Waals surface area contributed by atoms with Crippen molar-refractivity contribution >= 4 is 11.0 Å². The molecule has 0 spiro atoms. The largest absolute Gasteiger partial charge is 0.464 e. The van der Waals surface area contributed by atoms with Gasteiger partial charge in [0.05, 0.1) is 18.2 Å². The van der Waals surface area contributed by atoms with E-state index in [1.54, 1.807) is 12.1 Å². The van der Waals surface area contributed by atoms with Crippen molar-refractivity contribution in [2.75, 3.05) is 7.05 Å². The predicted octanol–water partition coefficient (Wildman–Crippen LogP) is 3.08. The third-order valence-electron chi connectivity index (χ3n) is 4.54. The Balaban J connectivity index is 1.47. The molecule has 1 aromatic carbocycles. The van der Waals surface area contributed by atoms with Crippen molar-refractivity contribution < 1.29 is 8.94 Å². The highest BCUT2D eigenvalue weighted by Gasteiger charge is 2.25. The fourth-order valence-corrected chi connectivity index (χ4v) is 2.97. The number of benzene rings is 1. The van der Waals surface area contributed by atoms with Crippen LogP contribution in [-0.2, 0) is 13.1 Å². The first-order valence-electron chi connectivity index (χ1n) is 8.21. The number of hydrogen-bond acceptors (Lipinski definition) is 6. The molecule has 2 aromatic heterocycles. The van der Waals surface area contributed by atoms with Crippen LogP contribution in [0.3, 0.4) is 0 Å². The van der Waals surface area contributed by atoms with Crippen LogP contribution in [0.2, 0.25) is 0 Å². The summed E-state index contributed by atoms with van der Waals surface area (Å²) < 4.78 is 10.9. The average Bonchev–Trinajstić information content (AvgIpc) is 2.96. The molecule has 4 rings (SSSR count). The number of para-hydroxylation sites is 1. The van der Waals surface area contributed by atoms with E-state index in [2.05, 4.69) is 10.1 Å². The fraction of sp³-hybridized carbons (Fsp3) is 0.389. The number of rotatable bonds is 5. The summed E-state index contributed by atoms with van der Waals surface area (Å²) in [4.78, 5) is 19.0. The summed E-state index contributed by atoms with van der Waals surface area (Å²) in [5.74, 6) is 1.84. The van der Waals surface area contributed by atoms with Crippen LogP contribution < -0.4 is 5.43 Å². The van der Waals surface area contributed by atoms with Crippen molar-refractivity contribution in [2.45, 2.75) is 38.3 Å². The van der Waals surface area contributed by atoms with Crippen LogP contribution in [0.15, 0.2) is 44.3 Å². The van der Waals surface area contributed by atoms with Crippen LogP contribution in [0, 0.1) is 0 Å². The Kier molecular flexibility index (Phi) is 3.90. The van der Waals surface area contributed by atoms with Gasteiger partial charge < -0.3 is 8.94 Å². The monoisotopic (exact) mass is 325 g/mol. The number of aromatic nitrogens is 2. The minimum atomic E-state index is 0.00645.